The first-order valence-electron chi connectivity index (χ1n) is 10.5. The van der Waals surface area contributed by atoms with Crippen LogP contribution >= 0.6 is 0 Å². The average molecular weight is 417 g/mol. The van der Waals surface area contributed by atoms with Crippen LogP contribution in [0.1, 0.15) is 22.2 Å². The lowest BCUT2D eigenvalue weighted by atomic mass is 10.1. The van der Waals surface area contributed by atoms with E-state index in [2.05, 4.69) is 100 Å². The van der Waals surface area contributed by atoms with Crippen LogP contribution in [0, 0.1) is 6.92 Å². The van der Waals surface area contributed by atoms with Gasteiger partial charge in [-0.1, -0.05) is 99.0 Å². The molecular formula is C26H32OSi2. The molecule has 0 bridgehead atoms. The molecule has 1 aliphatic carbocycles. The molecule has 29 heavy (non-hydrogen) atoms. The summed E-state index contributed by atoms with van der Waals surface area (Å²) in [5.41, 5.74) is 7.60. The van der Waals surface area contributed by atoms with Gasteiger partial charge >= 0.3 is 0 Å². The lowest BCUT2D eigenvalue weighted by molar-refractivity contribution is 0.420. The van der Waals surface area contributed by atoms with Gasteiger partial charge in [0.1, 0.15) is 5.75 Å². The first-order chi connectivity index (χ1) is 13.7. The molecule has 0 N–H and O–H groups in total. The lowest BCUT2D eigenvalue weighted by Gasteiger charge is -2.35. The van der Waals surface area contributed by atoms with Crippen molar-refractivity contribution >= 4 is 26.5 Å². The summed E-state index contributed by atoms with van der Waals surface area (Å²) in [5.74, 6) is 1.16. The molecule has 0 saturated heterocycles. The normalized spacial score (nSPS) is 13.9. The summed E-state index contributed by atoms with van der Waals surface area (Å²) in [5, 5.41) is 2.92. The van der Waals surface area contributed by atoms with Crippen LogP contribution in [0.3, 0.4) is 0 Å². The highest BCUT2D eigenvalue weighted by Crippen LogP contribution is 2.48. The van der Waals surface area contributed by atoms with Crippen LogP contribution in [-0.4, -0.2) is 23.3 Å². The van der Waals surface area contributed by atoms with E-state index in [1.807, 2.05) is 7.11 Å². The highest BCUT2D eigenvalue weighted by atomic mass is 28.3. The molecule has 0 radical (unpaired) electrons. The van der Waals surface area contributed by atoms with Gasteiger partial charge in [-0.15, -0.1) is 0 Å². The Morgan fingerprint density at radius 2 is 1.21 bits per heavy atom. The first-order valence-corrected chi connectivity index (χ1v) is 17.1. The van der Waals surface area contributed by atoms with Crippen LogP contribution in [0.4, 0.5) is 0 Å². The van der Waals surface area contributed by atoms with Gasteiger partial charge in [0.15, 0.2) is 0 Å². The fourth-order valence-electron chi connectivity index (χ4n) is 5.12. The van der Waals surface area contributed by atoms with Gasteiger partial charge in [-0.05, 0) is 39.6 Å². The van der Waals surface area contributed by atoms with Crippen molar-refractivity contribution < 1.29 is 4.74 Å². The van der Waals surface area contributed by atoms with Crippen molar-refractivity contribution in [3.05, 3.63) is 77.4 Å². The third-order valence-electron chi connectivity index (χ3n) is 6.50. The highest BCUT2D eigenvalue weighted by molar-refractivity contribution is 6.94. The number of fused-ring (bicyclic) bond motifs is 3. The van der Waals surface area contributed by atoms with Crippen molar-refractivity contribution in [2.45, 2.75) is 45.2 Å². The van der Waals surface area contributed by atoms with Crippen LogP contribution in [0.5, 0.6) is 5.75 Å². The molecule has 0 heterocycles. The van der Waals surface area contributed by atoms with Crippen molar-refractivity contribution in [1.29, 1.82) is 0 Å². The molecule has 0 fully saturated rings. The van der Waals surface area contributed by atoms with Crippen molar-refractivity contribution in [2.75, 3.05) is 7.11 Å². The van der Waals surface area contributed by atoms with Crippen LogP contribution in [0.2, 0.25) is 32.7 Å². The number of aryl methyl sites for hydroxylation is 1. The molecule has 0 unspecified atom stereocenters. The molecule has 0 atom stereocenters. The van der Waals surface area contributed by atoms with E-state index in [1.165, 1.54) is 38.2 Å². The zero-order valence-corrected chi connectivity index (χ0v) is 20.8. The molecule has 3 heteroatoms. The second kappa shape index (κ2) is 7.00. The monoisotopic (exact) mass is 416 g/mol. The van der Waals surface area contributed by atoms with Crippen molar-refractivity contribution in [3.8, 4) is 16.9 Å². The zero-order chi connectivity index (χ0) is 21.0. The van der Waals surface area contributed by atoms with E-state index in [-0.39, 0.29) is 0 Å². The Bertz CT molecular complexity index is 1030. The van der Waals surface area contributed by atoms with Gasteiger partial charge in [-0.2, -0.15) is 0 Å². The predicted molar refractivity (Wildman–Crippen MR) is 132 cm³/mol. The van der Waals surface area contributed by atoms with E-state index >= 15 is 0 Å². The lowest BCUT2D eigenvalue weighted by Crippen LogP contribution is -2.52. The van der Waals surface area contributed by atoms with Gasteiger partial charge < -0.3 is 4.74 Å². The topological polar surface area (TPSA) is 9.23 Å². The summed E-state index contributed by atoms with van der Waals surface area (Å²) >= 11 is 0. The van der Waals surface area contributed by atoms with E-state index in [0.29, 0.717) is 5.54 Å². The number of methoxy groups -OCH3 is 1. The molecule has 3 aromatic rings. The number of hydrogen-bond acceptors (Lipinski definition) is 1. The number of hydrogen-bond donors (Lipinski definition) is 0. The summed E-state index contributed by atoms with van der Waals surface area (Å²) in [7, 11) is -1.62. The summed E-state index contributed by atoms with van der Waals surface area (Å²) in [6.07, 6.45) is 0. The number of ether oxygens (including phenoxy) is 1. The highest BCUT2D eigenvalue weighted by Gasteiger charge is 2.44. The fraction of sp³-hybridized carbons (Fsp3) is 0.308. The third-order valence-corrected chi connectivity index (χ3v) is 12.3. The molecule has 0 aromatic heterocycles. The Balaban J connectivity index is 1.99. The largest absolute Gasteiger partial charge is 0.497 e. The summed E-state index contributed by atoms with van der Waals surface area (Å²) in [6, 6.07) is 22.8. The van der Waals surface area contributed by atoms with Crippen LogP contribution < -0.4 is 15.1 Å². The molecular weight excluding hydrogens is 384 g/mol. The SMILES string of the molecule is COc1c([Si](C)(C)C)cc(C)cc1[Si](C)(C)C1c2ccccc2-c2ccccc21. The molecule has 150 valence electrons. The fourth-order valence-corrected chi connectivity index (χ4v) is 10.6. The first kappa shape index (κ1) is 20.2. The minimum Gasteiger partial charge on any atom is -0.497 e. The van der Waals surface area contributed by atoms with E-state index in [1.54, 1.807) is 0 Å². The molecule has 3 aromatic carbocycles. The zero-order valence-electron chi connectivity index (χ0n) is 18.8. The Labute approximate surface area is 177 Å². The van der Waals surface area contributed by atoms with Crippen molar-refractivity contribution in [2.24, 2.45) is 0 Å². The Hall–Kier alpha value is -2.11. The quantitative estimate of drug-likeness (QED) is 0.487. The van der Waals surface area contributed by atoms with Gasteiger partial charge in [-0.3, -0.25) is 0 Å². The average Bonchev–Trinajstić information content (AvgIpc) is 3.02. The van der Waals surface area contributed by atoms with Gasteiger partial charge in [0.25, 0.3) is 0 Å². The van der Waals surface area contributed by atoms with Gasteiger partial charge in [0, 0.05) is 5.54 Å². The Morgan fingerprint density at radius 1 is 0.724 bits per heavy atom. The van der Waals surface area contributed by atoms with Crippen molar-refractivity contribution in [1.82, 2.24) is 0 Å². The van der Waals surface area contributed by atoms with E-state index in [0.717, 1.165) is 5.75 Å². The molecule has 0 aliphatic heterocycles. The molecule has 0 saturated carbocycles. The predicted octanol–water partition coefficient (Wildman–Crippen LogP) is 5.82. The summed E-state index contributed by atoms with van der Waals surface area (Å²) in [6.45, 7) is 14.6. The number of benzene rings is 3. The maximum Gasteiger partial charge on any atom is 0.117 e. The molecule has 0 amide bonds. The minimum atomic E-state index is -1.96. The van der Waals surface area contributed by atoms with E-state index in [9.17, 15) is 0 Å². The molecule has 4 rings (SSSR count). The molecule has 1 aliphatic rings. The third kappa shape index (κ3) is 3.21. The van der Waals surface area contributed by atoms with E-state index < -0.39 is 16.1 Å². The second-order valence-corrected chi connectivity index (χ2v) is 19.6. The standard InChI is InChI=1S/C26H32OSi2/c1-18-16-23(28(3,4)5)25(27-2)24(17-18)29(6,7)26-21-14-10-8-12-19(21)20-13-9-11-15-22(20)26/h8-17,26H,1-7H3. The number of rotatable bonds is 4. The van der Waals surface area contributed by atoms with Crippen molar-refractivity contribution in [3.63, 3.8) is 0 Å². The van der Waals surface area contributed by atoms with Crippen LogP contribution in [0.15, 0.2) is 60.7 Å². The molecule has 1 nitrogen and oxygen atoms in total. The Morgan fingerprint density at radius 3 is 1.69 bits per heavy atom. The smallest absolute Gasteiger partial charge is 0.117 e. The van der Waals surface area contributed by atoms with Crippen LogP contribution in [-0.2, 0) is 0 Å². The Kier molecular flexibility index (Phi) is 4.87. The van der Waals surface area contributed by atoms with Gasteiger partial charge in [0.2, 0.25) is 0 Å². The van der Waals surface area contributed by atoms with Gasteiger partial charge in [-0.25, -0.2) is 0 Å². The summed E-state index contributed by atoms with van der Waals surface area (Å²) in [4.78, 5) is 0. The van der Waals surface area contributed by atoms with Crippen LogP contribution in [0.25, 0.3) is 11.1 Å². The molecule has 0 spiro atoms. The van der Waals surface area contributed by atoms with Gasteiger partial charge in [0.05, 0.1) is 23.3 Å². The maximum absolute atomic E-state index is 6.15. The second-order valence-electron chi connectivity index (χ2n) is 9.97. The maximum atomic E-state index is 6.15. The van der Waals surface area contributed by atoms with E-state index in [4.69, 9.17) is 4.74 Å². The summed E-state index contributed by atoms with van der Waals surface area (Å²) < 4.78 is 6.15. The minimum absolute atomic E-state index is 0.445.